The smallest absolute Gasteiger partial charge is 0.313 e. The molecule has 0 saturated heterocycles. The van der Waals surface area contributed by atoms with Crippen LogP contribution in [0.4, 0.5) is 0 Å². The molecule has 0 aromatic carbocycles. The summed E-state index contributed by atoms with van der Waals surface area (Å²) in [4.78, 5) is 14.5. The van der Waals surface area contributed by atoms with Gasteiger partial charge in [-0.3, -0.25) is 9.78 Å². The summed E-state index contributed by atoms with van der Waals surface area (Å²) in [6.07, 6.45) is 3.37. The van der Waals surface area contributed by atoms with Crippen molar-refractivity contribution in [2.45, 2.75) is 5.16 Å². The molecule has 2 rings (SSSR count). The van der Waals surface area contributed by atoms with Gasteiger partial charge in [0, 0.05) is 25.0 Å². The van der Waals surface area contributed by atoms with Crippen LogP contribution >= 0.6 is 11.8 Å². The fourth-order valence-corrected chi connectivity index (χ4v) is 1.94. The molecule has 0 aliphatic carbocycles. The van der Waals surface area contributed by atoms with Gasteiger partial charge in [-0.15, -0.1) is 10.2 Å². The van der Waals surface area contributed by atoms with Gasteiger partial charge in [0.05, 0.1) is 5.75 Å². The third kappa shape index (κ3) is 2.62. The summed E-state index contributed by atoms with van der Waals surface area (Å²) in [7, 11) is 1.80. The molecule has 88 valence electrons. The van der Waals surface area contributed by atoms with E-state index in [-0.39, 0.29) is 5.75 Å². The lowest BCUT2D eigenvalue weighted by molar-refractivity contribution is -0.133. The Hall–Kier alpha value is -1.89. The van der Waals surface area contributed by atoms with Crippen LogP contribution in [-0.4, -0.2) is 36.6 Å². The number of aliphatic carboxylic acids is 1. The molecule has 2 heterocycles. The number of rotatable bonds is 4. The molecule has 7 heteroatoms. The van der Waals surface area contributed by atoms with Crippen LogP contribution in [0.2, 0.25) is 0 Å². The van der Waals surface area contributed by atoms with Gasteiger partial charge in [0.25, 0.3) is 0 Å². The molecule has 0 fully saturated rings. The molecule has 6 nitrogen and oxygen atoms in total. The Labute approximate surface area is 102 Å². The topological polar surface area (TPSA) is 80.9 Å². The summed E-state index contributed by atoms with van der Waals surface area (Å²) in [6.45, 7) is 0. The highest BCUT2D eigenvalue weighted by Crippen LogP contribution is 2.21. The molecule has 0 spiro atoms. The highest BCUT2D eigenvalue weighted by molar-refractivity contribution is 7.99. The first kappa shape index (κ1) is 11.6. The van der Waals surface area contributed by atoms with E-state index in [2.05, 4.69) is 15.2 Å². The maximum absolute atomic E-state index is 10.5. The van der Waals surface area contributed by atoms with Gasteiger partial charge in [0.2, 0.25) is 0 Å². The second kappa shape index (κ2) is 4.96. The van der Waals surface area contributed by atoms with Crippen LogP contribution in [0.1, 0.15) is 0 Å². The summed E-state index contributed by atoms with van der Waals surface area (Å²) in [5.41, 5.74) is 0.852. The van der Waals surface area contributed by atoms with Crippen molar-refractivity contribution in [3.05, 3.63) is 24.5 Å². The van der Waals surface area contributed by atoms with E-state index in [1.54, 1.807) is 24.0 Å². The van der Waals surface area contributed by atoms with E-state index in [0.29, 0.717) is 11.0 Å². The number of carboxylic acid groups (broad SMARTS) is 1. The van der Waals surface area contributed by atoms with Gasteiger partial charge in [-0.1, -0.05) is 11.8 Å². The zero-order valence-corrected chi connectivity index (χ0v) is 9.89. The van der Waals surface area contributed by atoms with Gasteiger partial charge in [-0.2, -0.15) is 0 Å². The van der Waals surface area contributed by atoms with Crippen molar-refractivity contribution in [2.75, 3.05) is 5.75 Å². The number of pyridine rings is 1. The number of carboxylic acids is 1. The van der Waals surface area contributed by atoms with Crippen LogP contribution in [0.3, 0.4) is 0 Å². The number of carbonyl (C=O) groups is 1. The average molecular weight is 250 g/mol. The lowest BCUT2D eigenvalue weighted by Crippen LogP contribution is -2.01. The Balaban J connectivity index is 2.24. The molecule has 0 bridgehead atoms. The minimum atomic E-state index is -0.874. The van der Waals surface area contributed by atoms with E-state index in [1.807, 2.05) is 12.1 Å². The van der Waals surface area contributed by atoms with Crippen molar-refractivity contribution in [1.82, 2.24) is 19.7 Å². The van der Waals surface area contributed by atoms with Gasteiger partial charge in [-0.25, -0.2) is 0 Å². The van der Waals surface area contributed by atoms with E-state index in [4.69, 9.17) is 5.11 Å². The van der Waals surface area contributed by atoms with Gasteiger partial charge in [0.1, 0.15) is 0 Å². The van der Waals surface area contributed by atoms with Crippen LogP contribution < -0.4 is 0 Å². The summed E-state index contributed by atoms with van der Waals surface area (Å²) >= 11 is 1.14. The van der Waals surface area contributed by atoms with Crippen molar-refractivity contribution in [3.63, 3.8) is 0 Å². The summed E-state index contributed by atoms with van der Waals surface area (Å²) in [5, 5.41) is 17.1. The van der Waals surface area contributed by atoms with Gasteiger partial charge < -0.3 is 9.67 Å². The Morgan fingerprint density at radius 3 is 3.00 bits per heavy atom. The molecule has 0 atom stereocenters. The molecule has 2 aromatic heterocycles. The first-order valence-corrected chi connectivity index (χ1v) is 5.81. The normalized spacial score (nSPS) is 10.4. The first-order valence-electron chi connectivity index (χ1n) is 4.83. The van der Waals surface area contributed by atoms with E-state index in [0.717, 1.165) is 17.3 Å². The average Bonchev–Trinajstić information content (AvgIpc) is 2.69. The largest absolute Gasteiger partial charge is 0.481 e. The lowest BCUT2D eigenvalue weighted by atomic mass is 10.3. The van der Waals surface area contributed by atoms with E-state index >= 15 is 0 Å². The SMILES string of the molecule is Cn1c(SCC(=O)O)nnc1-c1cccnc1. The summed E-state index contributed by atoms with van der Waals surface area (Å²) in [6, 6.07) is 3.69. The van der Waals surface area contributed by atoms with Gasteiger partial charge >= 0.3 is 5.97 Å². The summed E-state index contributed by atoms with van der Waals surface area (Å²) in [5.74, 6) is -0.231. The molecular weight excluding hydrogens is 240 g/mol. The van der Waals surface area contributed by atoms with Crippen molar-refractivity contribution in [1.29, 1.82) is 0 Å². The second-order valence-corrected chi connectivity index (χ2v) is 4.23. The molecule has 17 heavy (non-hydrogen) atoms. The summed E-state index contributed by atoms with van der Waals surface area (Å²) < 4.78 is 1.75. The van der Waals surface area contributed by atoms with Gasteiger partial charge in [-0.05, 0) is 12.1 Å². The van der Waals surface area contributed by atoms with Crippen molar-refractivity contribution < 1.29 is 9.90 Å². The molecule has 0 amide bonds. The predicted octanol–water partition coefficient (Wildman–Crippen LogP) is 1.05. The van der Waals surface area contributed by atoms with Gasteiger partial charge in [0.15, 0.2) is 11.0 Å². The van der Waals surface area contributed by atoms with E-state index < -0.39 is 5.97 Å². The molecule has 0 aliphatic heterocycles. The number of hydrogen-bond acceptors (Lipinski definition) is 5. The lowest BCUT2D eigenvalue weighted by Gasteiger charge is -2.01. The number of nitrogens with zero attached hydrogens (tertiary/aromatic N) is 4. The van der Waals surface area contributed by atoms with Crippen LogP contribution in [-0.2, 0) is 11.8 Å². The molecule has 0 unspecified atom stereocenters. The maximum Gasteiger partial charge on any atom is 0.313 e. The van der Waals surface area contributed by atoms with Crippen LogP contribution in [0, 0.1) is 0 Å². The fourth-order valence-electron chi connectivity index (χ4n) is 1.31. The highest BCUT2D eigenvalue weighted by atomic mass is 32.2. The zero-order chi connectivity index (χ0) is 12.3. The van der Waals surface area contributed by atoms with Crippen molar-refractivity contribution in [3.8, 4) is 11.4 Å². The Morgan fingerprint density at radius 1 is 1.53 bits per heavy atom. The molecule has 0 saturated carbocycles. The highest BCUT2D eigenvalue weighted by Gasteiger charge is 2.12. The Morgan fingerprint density at radius 2 is 2.35 bits per heavy atom. The van der Waals surface area contributed by atoms with Crippen molar-refractivity contribution >= 4 is 17.7 Å². The number of thioether (sulfide) groups is 1. The third-order valence-electron chi connectivity index (χ3n) is 2.08. The molecule has 0 radical (unpaired) electrons. The third-order valence-corrected chi connectivity index (χ3v) is 3.08. The fraction of sp³-hybridized carbons (Fsp3) is 0.200. The van der Waals surface area contributed by atoms with E-state index in [9.17, 15) is 4.79 Å². The predicted molar refractivity (Wildman–Crippen MR) is 62.6 cm³/mol. The van der Waals surface area contributed by atoms with E-state index in [1.165, 1.54) is 0 Å². The first-order chi connectivity index (χ1) is 8.18. The Bertz CT molecular complexity index is 526. The Kier molecular flexibility index (Phi) is 3.38. The molecule has 2 aromatic rings. The van der Waals surface area contributed by atoms with Crippen LogP contribution in [0.5, 0.6) is 0 Å². The minimum Gasteiger partial charge on any atom is -0.481 e. The molecule has 1 N–H and O–H groups in total. The van der Waals surface area contributed by atoms with Crippen molar-refractivity contribution in [2.24, 2.45) is 7.05 Å². The van der Waals surface area contributed by atoms with Crippen LogP contribution in [0.15, 0.2) is 29.7 Å². The molecular formula is C10H10N4O2S. The quantitative estimate of drug-likeness (QED) is 0.817. The second-order valence-electron chi connectivity index (χ2n) is 3.29. The standard InChI is InChI=1S/C10H10N4O2S/c1-14-9(7-3-2-4-11-5-7)12-13-10(14)17-6-8(15)16/h2-5H,6H2,1H3,(H,15,16). The van der Waals surface area contributed by atoms with Crippen LogP contribution in [0.25, 0.3) is 11.4 Å². The minimum absolute atomic E-state index is 0.0288. The maximum atomic E-state index is 10.5. The monoisotopic (exact) mass is 250 g/mol. The molecule has 0 aliphatic rings. The zero-order valence-electron chi connectivity index (χ0n) is 9.07. The number of aromatic nitrogens is 4. The number of hydrogen-bond donors (Lipinski definition) is 1.